The first-order valence-corrected chi connectivity index (χ1v) is 4.33. The third-order valence-corrected chi connectivity index (χ3v) is 2.36. The lowest BCUT2D eigenvalue weighted by molar-refractivity contribution is 0.112. The summed E-state index contributed by atoms with van der Waals surface area (Å²) in [5.74, 6) is 0. The summed E-state index contributed by atoms with van der Waals surface area (Å²) in [6.45, 7) is 0. The molecule has 0 N–H and O–H groups in total. The molecule has 0 aromatic heterocycles. The van der Waals surface area contributed by atoms with Crippen LogP contribution in [-0.2, 0) is 0 Å². The topological polar surface area (TPSA) is 17.1 Å². The van der Waals surface area contributed by atoms with Gasteiger partial charge < -0.3 is 0 Å². The van der Waals surface area contributed by atoms with Gasteiger partial charge in [0.25, 0.3) is 0 Å². The highest BCUT2D eigenvalue weighted by molar-refractivity contribution is 6.34. The maximum atomic E-state index is 10.8. The van der Waals surface area contributed by atoms with Crippen molar-refractivity contribution in [2.45, 2.75) is 0 Å². The van der Waals surface area contributed by atoms with Crippen LogP contribution in [0.15, 0.2) is 36.4 Å². The predicted octanol–water partition coefficient (Wildman–Crippen LogP) is 3.31. The molecule has 0 aliphatic rings. The normalized spacial score (nSPS) is 10.2. The second-order valence-corrected chi connectivity index (χ2v) is 3.21. The van der Waals surface area contributed by atoms with Crippen LogP contribution in [0.25, 0.3) is 10.8 Å². The largest absolute Gasteiger partial charge is 0.298 e. The molecular formula is C11H7ClO. The van der Waals surface area contributed by atoms with Gasteiger partial charge in [-0.15, -0.1) is 0 Å². The molecule has 0 spiro atoms. The molecule has 2 aromatic carbocycles. The van der Waals surface area contributed by atoms with E-state index in [1.165, 1.54) is 0 Å². The predicted molar refractivity (Wildman–Crippen MR) is 54.3 cm³/mol. The Hall–Kier alpha value is -1.34. The minimum atomic E-state index is 0.508. The zero-order valence-corrected chi connectivity index (χ0v) is 7.58. The van der Waals surface area contributed by atoms with E-state index >= 15 is 0 Å². The van der Waals surface area contributed by atoms with Gasteiger partial charge in [-0.25, -0.2) is 0 Å². The molecule has 0 saturated heterocycles. The van der Waals surface area contributed by atoms with E-state index in [9.17, 15) is 4.79 Å². The lowest BCUT2D eigenvalue weighted by atomic mass is 10.1. The molecular weight excluding hydrogens is 184 g/mol. The summed E-state index contributed by atoms with van der Waals surface area (Å²) < 4.78 is 0. The van der Waals surface area contributed by atoms with E-state index in [-0.39, 0.29) is 0 Å². The van der Waals surface area contributed by atoms with Crippen LogP contribution in [0.2, 0.25) is 5.02 Å². The van der Waals surface area contributed by atoms with Gasteiger partial charge in [0, 0.05) is 5.56 Å². The van der Waals surface area contributed by atoms with Gasteiger partial charge in [-0.2, -0.15) is 0 Å². The molecule has 0 atom stereocenters. The van der Waals surface area contributed by atoms with E-state index < -0.39 is 0 Å². The molecule has 0 radical (unpaired) electrons. The number of carbonyl (C=O) groups excluding carboxylic acids is 1. The summed E-state index contributed by atoms with van der Waals surface area (Å²) in [5, 5.41) is 2.45. The minimum Gasteiger partial charge on any atom is -0.298 e. The molecule has 0 unspecified atom stereocenters. The number of halogens is 1. The Kier molecular flexibility index (Phi) is 2.03. The van der Waals surface area contributed by atoms with Crippen molar-refractivity contribution in [1.29, 1.82) is 0 Å². The number of hydrogen-bond donors (Lipinski definition) is 0. The van der Waals surface area contributed by atoms with E-state index in [4.69, 9.17) is 11.6 Å². The van der Waals surface area contributed by atoms with Crippen molar-refractivity contribution >= 4 is 28.7 Å². The van der Waals surface area contributed by atoms with Crippen LogP contribution in [-0.4, -0.2) is 6.29 Å². The van der Waals surface area contributed by atoms with Gasteiger partial charge in [0.2, 0.25) is 0 Å². The average Bonchev–Trinajstić information content (AvgIpc) is 2.18. The molecule has 0 aliphatic heterocycles. The zero-order chi connectivity index (χ0) is 9.26. The summed E-state index contributed by atoms with van der Waals surface area (Å²) in [5.41, 5.74) is 0.569. The second-order valence-electron chi connectivity index (χ2n) is 2.80. The molecule has 2 aromatic rings. The quantitative estimate of drug-likeness (QED) is 0.631. The average molecular weight is 191 g/mol. The Bertz CT molecular complexity index is 463. The van der Waals surface area contributed by atoms with Gasteiger partial charge in [-0.05, 0) is 16.8 Å². The zero-order valence-electron chi connectivity index (χ0n) is 6.83. The SMILES string of the molecule is O=Cc1c(Cl)ccc2ccccc12. The van der Waals surface area contributed by atoms with Crippen LogP contribution in [0.1, 0.15) is 10.4 Å². The van der Waals surface area contributed by atoms with Crippen LogP contribution in [0.3, 0.4) is 0 Å². The Labute approximate surface area is 80.9 Å². The molecule has 1 nitrogen and oxygen atoms in total. The molecule has 2 heteroatoms. The molecule has 0 amide bonds. The van der Waals surface area contributed by atoms with Gasteiger partial charge in [-0.1, -0.05) is 41.9 Å². The fourth-order valence-corrected chi connectivity index (χ4v) is 1.60. The van der Waals surface area contributed by atoms with Crippen molar-refractivity contribution in [3.8, 4) is 0 Å². The van der Waals surface area contributed by atoms with Gasteiger partial charge in [0.05, 0.1) is 5.02 Å². The molecule has 0 bridgehead atoms. The lowest BCUT2D eigenvalue weighted by Crippen LogP contribution is -1.84. The maximum absolute atomic E-state index is 10.8. The van der Waals surface area contributed by atoms with Gasteiger partial charge >= 0.3 is 0 Å². The summed E-state index contributed by atoms with van der Waals surface area (Å²) in [6.07, 6.45) is 0.796. The number of benzene rings is 2. The smallest absolute Gasteiger partial charge is 0.152 e. The van der Waals surface area contributed by atoms with E-state index in [1.807, 2.05) is 30.3 Å². The van der Waals surface area contributed by atoms with Crippen LogP contribution in [0, 0.1) is 0 Å². The van der Waals surface area contributed by atoms with Crippen molar-refractivity contribution in [3.05, 3.63) is 47.0 Å². The molecule has 0 aliphatic carbocycles. The van der Waals surface area contributed by atoms with Gasteiger partial charge in [0.1, 0.15) is 0 Å². The minimum absolute atomic E-state index is 0.508. The van der Waals surface area contributed by atoms with E-state index in [2.05, 4.69) is 0 Å². The lowest BCUT2D eigenvalue weighted by Gasteiger charge is -2.01. The Morgan fingerprint density at radius 1 is 1.08 bits per heavy atom. The standard InChI is InChI=1S/C11H7ClO/c12-11-6-5-8-3-1-2-4-9(8)10(11)7-13/h1-7H. The third-order valence-electron chi connectivity index (χ3n) is 2.04. The Morgan fingerprint density at radius 2 is 1.85 bits per heavy atom. The summed E-state index contributed by atoms with van der Waals surface area (Å²) in [7, 11) is 0. The van der Waals surface area contributed by atoms with Crippen LogP contribution >= 0.6 is 11.6 Å². The number of aldehydes is 1. The number of fused-ring (bicyclic) bond motifs is 1. The number of carbonyl (C=O) groups is 1. The van der Waals surface area contributed by atoms with Crippen molar-refractivity contribution in [3.63, 3.8) is 0 Å². The third kappa shape index (κ3) is 1.31. The first-order chi connectivity index (χ1) is 6.33. The summed E-state index contributed by atoms with van der Waals surface area (Å²) >= 11 is 5.87. The van der Waals surface area contributed by atoms with Crippen molar-refractivity contribution in [1.82, 2.24) is 0 Å². The molecule has 0 saturated carbocycles. The second kappa shape index (κ2) is 3.19. The highest BCUT2D eigenvalue weighted by Crippen LogP contribution is 2.24. The van der Waals surface area contributed by atoms with E-state index in [0.29, 0.717) is 10.6 Å². The van der Waals surface area contributed by atoms with Gasteiger partial charge in [0.15, 0.2) is 6.29 Å². The van der Waals surface area contributed by atoms with Crippen molar-refractivity contribution in [2.75, 3.05) is 0 Å². The van der Waals surface area contributed by atoms with Crippen LogP contribution in [0.5, 0.6) is 0 Å². The van der Waals surface area contributed by atoms with Crippen LogP contribution in [0.4, 0.5) is 0 Å². The summed E-state index contributed by atoms with van der Waals surface area (Å²) in [4.78, 5) is 10.8. The monoisotopic (exact) mass is 190 g/mol. The van der Waals surface area contributed by atoms with Crippen molar-refractivity contribution < 1.29 is 4.79 Å². The molecule has 0 heterocycles. The van der Waals surface area contributed by atoms with E-state index in [0.717, 1.165) is 17.1 Å². The molecule has 13 heavy (non-hydrogen) atoms. The number of hydrogen-bond acceptors (Lipinski definition) is 1. The van der Waals surface area contributed by atoms with Crippen LogP contribution < -0.4 is 0 Å². The number of rotatable bonds is 1. The van der Waals surface area contributed by atoms with Crippen molar-refractivity contribution in [2.24, 2.45) is 0 Å². The first-order valence-electron chi connectivity index (χ1n) is 3.95. The van der Waals surface area contributed by atoms with E-state index in [1.54, 1.807) is 6.07 Å². The molecule has 0 fully saturated rings. The van der Waals surface area contributed by atoms with Gasteiger partial charge in [-0.3, -0.25) is 4.79 Å². The maximum Gasteiger partial charge on any atom is 0.152 e. The highest BCUT2D eigenvalue weighted by Gasteiger charge is 2.03. The molecule has 2 rings (SSSR count). The molecule has 64 valence electrons. The Balaban J connectivity index is 2.91. The fourth-order valence-electron chi connectivity index (χ4n) is 1.39. The highest BCUT2D eigenvalue weighted by atomic mass is 35.5. The summed E-state index contributed by atoms with van der Waals surface area (Å²) in [6, 6.07) is 11.3. The fraction of sp³-hybridized carbons (Fsp3) is 0. The Morgan fingerprint density at radius 3 is 2.62 bits per heavy atom. The first kappa shape index (κ1) is 8.27.